The molecule has 1 unspecified atom stereocenters. The van der Waals surface area contributed by atoms with E-state index in [1.54, 1.807) is 48.4 Å². The van der Waals surface area contributed by atoms with Crippen molar-refractivity contribution >= 4 is 28.9 Å². The largest absolute Gasteiger partial charge is 0.397 e. The van der Waals surface area contributed by atoms with Crippen LogP contribution in [0.15, 0.2) is 36.9 Å². The Morgan fingerprint density at radius 3 is 2.94 bits per heavy atom. The van der Waals surface area contributed by atoms with Crippen molar-refractivity contribution in [2.75, 3.05) is 11.1 Å². The lowest BCUT2D eigenvalue weighted by Crippen LogP contribution is -2.22. The van der Waals surface area contributed by atoms with Crippen LogP contribution in [-0.2, 0) is 4.79 Å². The van der Waals surface area contributed by atoms with E-state index in [0.717, 1.165) is 0 Å². The minimum absolute atomic E-state index is 0.144. The fourth-order valence-electron chi connectivity index (χ4n) is 1.50. The summed E-state index contributed by atoms with van der Waals surface area (Å²) in [7, 11) is 0. The molecule has 0 saturated heterocycles. The molecule has 0 radical (unpaired) electrons. The highest BCUT2D eigenvalue weighted by molar-refractivity contribution is 6.33. The second-order valence-electron chi connectivity index (χ2n) is 3.91. The van der Waals surface area contributed by atoms with Crippen molar-refractivity contribution in [1.82, 2.24) is 9.55 Å². The van der Waals surface area contributed by atoms with Crippen LogP contribution in [0.25, 0.3) is 0 Å². The number of carbonyl (C=O) groups excluding carboxylic acids is 1. The van der Waals surface area contributed by atoms with Crippen LogP contribution in [0.4, 0.5) is 11.4 Å². The van der Waals surface area contributed by atoms with E-state index >= 15 is 0 Å². The van der Waals surface area contributed by atoms with Crippen molar-refractivity contribution in [3.8, 4) is 0 Å². The predicted octanol–water partition coefficient (Wildman–Crippen LogP) is 2.32. The molecular weight excluding hydrogens is 252 g/mol. The van der Waals surface area contributed by atoms with Gasteiger partial charge >= 0.3 is 0 Å². The van der Waals surface area contributed by atoms with E-state index in [-0.39, 0.29) is 11.9 Å². The minimum Gasteiger partial charge on any atom is -0.397 e. The zero-order valence-corrected chi connectivity index (χ0v) is 10.6. The monoisotopic (exact) mass is 264 g/mol. The highest BCUT2D eigenvalue weighted by atomic mass is 35.5. The van der Waals surface area contributed by atoms with Gasteiger partial charge in [-0.05, 0) is 25.1 Å². The number of nitrogens with zero attached hydrogens (tertiary/aromatic N) is 2. The van der Waals surface area contributed by atoms with Crippen molar-refractivity contribution in [2.45, 2.75) is 13.0 Å². The molecule has 2 rings (SSSR count). The van der Waals surface area contributed by atoms with Gasteiger partial charge in [0.15, 0.2) is 0 Å². The lowest BCUT2D eigenvalue weighted by molar-refractivity contribution is -0.118. The first kappa shape index (κ1) is 12.4. The molecule has 1 amide bonds. The maximum absolute atomic E-state index is 12.0. The van der Waals surface area contributed by atoms with Crippen molar-refractivity contribution in [3.63, 3.8) is 0 Å². The van der Waals surface area contributed by atoms with Crippen LogP contribution in [0.3, 0.4) is 0 Å². The number of benzene rings is 1. The molecule has 0 fully saturated rings. The summed E-state index contributed by atoms with van der Waals surface area (Å²) in [4.78, 5) is 15.9. The second-order valence-corrected chi connectivity index (χ2v) is 4.32. The number of nitrogen functional groups attached to an aromatic ring is 1. The Hall–Kier alpha value is -2.01. The molecule has 0 aliphatic heterocycles. The van der Waals surface area contributed by atoms with E-state index < -0.39 is 0 Å². The summed E-state index contributed by atoms with van der Waals surface area (Å²) in [5.41, 5.74) is 6.72. The summed E-state index contributed by atoms with van der Waals surface area (Å²) < 4.78 is 1.72. The van der Waals surface area contributed by atoms with Crippen LogP contribution in [0.2, 0.25) is 5.02 Å². The van der Waals surface area contributed by atoms with E-state index in [9.17, 15) is 4.79 Å². The molecule has 0 spiro atoms. The number of aromatic nitrogens is 2. The molecule has 5 nitrogen and oxygen atoms in total. The minimum atomic E-state index is -0.343. The molecule has 18 heavy (non-hydrogen) atoms. The first-order chi connectivity index (χ1) is 8.58. The lowest BCUT2D eigenvalue weighted by atomic mass is 10.2. The zero-order valence-electron chi connectivity index (χ0n) is 9.80. The maximum atomic E-state index is 12.0. The number of nitrogens with one attached hydrogen (secondary N) is 1. The molecular formula is C12H13ClN4O. The van der Waals surface area contributed by atoms with Gasteiger partial charge in [-0.2, -0.15) is 0 Å². The van der Waals surface area contributed by atoms with Gasteiger partial charge in [-0.1, -0.05) is 11.6 Å². The van der Waals surface area contributed by atoms with Crippen LogP contribution in [0.5, 0.6) is 0 Å². The van der Waals surface area contributed by atoms with Gasteiger partial charge in [0, 0.05) is 18.1 Å². The molecule has 3 N–H and O–H groups in total. The summed E-state index contributed by atoms with van der Waals surface area (Å²) in [6.07, 6.45) is 4.96. The molecule has 1 aromatic heterocycles. The number of nitrogens with two attached hydrogens (primary N) is 1. The number of halogens is 1. The smallest absolute Gasteiger partial charge is 0.247 e. The fourth-order valence-corrected chi connectivity index (χ4v) is 1.62. The van der Waals surface area contributed by atoms with Gasteiger partial charge in [0.25, 0.3) is 0 Å². The molecule has 1 aromatic carbocycles. The molecule has 94 valence electrons. The van der Waals surface area contributed by atoms with Crippen molar-refractivity contribution in [1.29, 1.82) is 0 Å². The second kappa shape index (κ2) is 5.10. The number of hydrogen-bond donors (Lipinski definition) is 2. The van der Waals surface area contributed by atoms with E-state index in [2.05, 4.69) is 10.3 Å². The highest BCUT2D eigenvalue weighted by Gasteiger charge is 2.14. The number of anilines is 2. The Labute approximate surface area is 110 Å². The Kier molecular flexibility index (Phi) is 3.53. The van der Waals surface area contributed by atoms with Gasteiger partial charge in [-0.25, -0.2) is 4.98 Å². The Bertz CT molecular complexity index is 553. The van der Waals surface area contributed by atoms with Crippen molar-refractivity contribution < 1.29 is 4.79 Å². The standard InChI is InChI=1S/C12H13ClN4O/c1-8(17-5-4-15-7-17)12(18)16-9-2-3-10(13)11(14)6-9/h2-8H,14H2,1H3,(H,16,18). The van der Waals surface area contributed by atoms with Gasteiger partial charge < -0.3 is 15.6 Å². The third-order valence-corrected chi connectivity index (χ3v) is 2.96. The van der Waals surface area contributed by atoms with Gasteiger partial charge in [0.2, 0.25) is 5.91 Å². The number of carbonyl (C=O) groups is 1. The fraction of sp³-hybridized carbons (Fsp3) is 0.167. The van der Waals surface area contributed by atoms with Gasteiger partial charge in [0.05, 0.1) is 17.0 Å². The van der Waals surface area contributed by atoms with Gasteiger partial charge in [-0.3, -0.25) is 4.79 Å². The molecule has 0 bridgehead atoms. The van der Waals surface area contributed by atoms with Crippen LogP contribution in [-0.4, -0.2) is 15.5 Å². The van der Waals surface area contributed by atoms with E-state index in [0.29, 0.717) is 16.4 Å². The summed E-state index contributed by atoms with van der Waals surface area (Å²) in [6, 6.07) is 4.64. The Balaban J connectivity index is 2.09. The number of hydrogen-bond acceptors (Lipinski definition) is 3. The number of amides is 1. The highest BCUT2D eigenvalue weighted by Crippen LogP contribution is 2.22. The Morgan fingerprint density at radius 2 is 2.33 bits per heavy atom. The van der Waals surface area contributed by atoms with Crippen LogP contribution < -0.4 is 11.1 Å². The molecule has 0 aliphatic rings. The Morgan fingerprint density at radius 1 is 1.56 bits per heavy atom. The normalized spacial score (nSPS) is 12.1. The van der Waals surface area contributed by atoms with E-state index in [1.165, 1.54) is 0 Å². The van der Waals surface area contributed by atoms with Crippen molar-refractivity contribution in [2.24, 2.45) is 0 Å². The average Bonchev–Trinajstić information content (AvgIpc) is 2.86. The molecule has 6 heteroatoms. The topological polar surface area (TPSA) is 72.9 Å². The average molecular weight is 265 g/mol. The first-order valence-corrected chi connectivity index (χ1v) is 5.79. The number of rotatable bonds is 3. The first-order valence-electron chi connectivity index (χ1n) is 5.41. The lowest BCUT2D eigenvalue weighted by Gasteiger charge is -2.13. The van der Waals surface area contributed by atoms with Gasteiger partial charge in [-0.15, -0.1) is 0 Å². The van der Waals surface area contributed by atoms with E-state index in [1.807, 2.05) is 0 Å². The third kappa shape index (κ3) is 2.62. The SMILES string of the molecule is CC(C(=O)Nc1ccc(Cl)c(N)c1)n1ccnc1. The molecule has 1 atom stereocenters. The predicted molar refractivity (Wildman–Crippen MR) is 71.4 cm³/mol. The van der Waals surface area contributed by atoms with E-state index in [4.69, 9.17) is 17.3 Å². The summed E-state index contributed by atoms with van der Waals surface area (Å²) in [5.74, 6) is -0.144. The molecule has 2 aromatic rings. The van der Waals surface area contributed by atoms with Crippen LogP contribution in [0.1, 0.15) is 13.0 Å². The zero-order chi connectivity index (χ0) is 13.1. The summed E-state index contributed by atoms with van der Waals surface area (Å²) >= 11 is 5.81. The quantitative estimate of drug-likeness (QED) is 0.836. The van der Waals surface area contributed by atoms with Gasteiger partial charge in [0.1, 0.15) is 6.04 Å². The maximum Gasteiger partial charge on any atom is 0.247 e. The molecule has 1 heterocycles. The number of imidazole rings is 1. The third-order valence-electron chi connectivity index (χ3n) is 2.62. The molecule has 0 saturated carbocycles. The van der Waals surface area contributed by atoms with Crippen LogP contribution in [0, 0.1) is 0 Å². The van der Waals surface area contributed by atoms with Crippen LogP contribution >= 0.6 is 11.6 Å². The van der Waals surface area contributed by atoms with Crippen molar-refractivity contribution in [3.05, 3.63) is 41.9 Å². The summed E-state index contributed by atoms with van der Waals surface area (Å²) in [6.45, 7) is 1.79. The summed E-state index contributed by atoms with van der Waals surface area (Å²) in [5, 5.41) is 3.24. The molecule has 0 aliphatic carbocycles.